The van der Waals surface area contributed by atoms with E-state index in [1.54, 1.807) is 20.8 Å². The zero-order valence-electron chi connectivity index (χ0n) is 91.5. The fourth-order valence-corrected chi connectivity index (χ4v) is 19.3. The summed E-state index contributed by atoms with van der Waals surface area (Å²) in [4.78, 5) is 146. The van der Waals surface area contributed by atoms with Crippen LogP contribution in [0.2, 0.25) is 0 Å². The number of ether oxygens (including phenoxy) is 10. The van der Waals surface area contributed by atoms with Gasteiger partial charge in [0, 0.05) is 127 Å². The third-order valence-electron chi connectivity index (χ3n) is 27.8. The Morgan fingerprint density at radius 2 is 0.631 bits per heavy atom. The van der Waals surface area contributed by atoms with Crippen molar-refractivity contribution in [2.24, 2.45) is 59.0 Å². The molecule has 16 unspecified atom stereocenters. The molecular weight excluding hydrogens is 1830 g/mol. The zero-order valence-corrected chi connectivity index (χ0v) is 92.4. The lowest BCUT2D eigenvalue weighted by molar-refractivity contribution is -0.146. The summed E-state index contributed by atoms with van der Waals surface area (Å²) in [6.07, 6.45) is 41.6. The number of hydrogen-bond acceptors (Lipinski definition) is 25. The van der Waals surface area contributed by atoms with Gasteiger partial charge < -0.3 is 89.9 Å². The lowest BCUT2D eigenvalue weighted by Crippen LogP contribution is -2.58. The van der Waals surface area contributed by atoms with Gasteiger partial charge in [-0.05, 0) is 137 Å². The third kappa shape index (κ3) is 70.0. The lowest BCUT2D eigenvalue weighted by Gasteiger charge is -2.44. The molecule has 141 heavy (non-hydrogen) atoms. The first-order chi connectivity index (χ1) is 67.7. The number of nitrogens with one attached hydrogen (secondary N) is 6. The lowest BCUT2D eigenvalue weighted by atomic mass is 9.70. The van der Waals surface area contributed by atoms with Crippen LogP contribution in [0.25, 0.3) is 0 Å². The summed E-state index contributed by atoms with van der Waals surface area (Å²) in [6, 6.07) is -0.227. The fraction of sp³-hybridized carbons (Fsp3) is 0.898. The summed E-state index contributed by atoms with van der Waals surface area (Å²) in [7, 11) is -1.13. The van der Waals surface area contributed by atoms with Gasteiger partial charge in [-0.1, -0.05) is 249 Å². The van der Waals surface area contributed by atoms with Gasteiger partial charge in [-0.2, -0.15) is 0 Å². The molecule has 0 aliphatic heterocycles. The number of ketones is 2. The van der Waals surface area contributed by atoms with Crippen LogP contribution in [-0.2, 0) is 114 Å². The largest absolute Gasteiger partial charge is 0.471 e. The first-order valence-electron chi connectivity index (χ1n) is 55.1. The van der Waals surface area contributed by atoms with E-state index < -0.39 is 13.4 Å². The van der Waals surface area contributed by atoms with Gasteiger partial charge in [0.2, 0.25) is 35.4 Å². The molecule has 32 nitrogen and oxygen atoms in total. The van der Waals surface area contributed by atoms with E-state index in [1.165, 1.54) is 66.4 Å². The second kappa shape index (κ2) is 87.4. The van der Waals surface area contributed by atoms with Crippen LogP contribution in [0.1, 0.15) is 413 Å². The minimum atomic E-state index is -3.75. The van der Waals surface area contributed by atoms with Crippen LogP contribution in [0.15, 0.2) is 0 Å². The topological polar surface area (TPSA) is 434 Å². The molecule has 0 radical (unpaired) electrons. The van der Waals surface area contributed by atoms with E-state index in [2.05, 4.69) is 82.5 Å². The van der Waals surface area contributed by atoms with Crippen molar-refractivity contribution in [3.8, 4) is 0 Å². The van der Waals surface area contributed by atoms with Gasteiger partial charge >= 0.3 is 25.7 Å². The number of phosphoric acid groups is 1. The molecular formula is C108H204N7O25P. The average Bonchev–Trinajstić information content (AvgIpc) is 0.812. The van der Waals surface area contributed by atoms with Crippen LogP contribution in [-0.4, -0.2) is 232 Å². The van der Waals surface area contributed by atoms with Crippen molar-refractivity contribution in [3.05, 3.63) is 0 Å². The molecule has 0 saturated heterocycles. The maximum atomic E-state index is 13.9. The van der Waals surface area contributed by atoms with Crippen LogP contribution in [0.5, 0.6) is 0 Å². The molecule has 3 rings (SSSR count). The molecule has 0 heterocycles. The van der Waals surface area contributed by atoms with Crippen molar-refractivity contribution in [3.63, 3.8) is 0 Å². The molecule has 3 fully saturated rings. The molecule has 0 spiro atoms. The quantitative estimate of drug-likeness (QED) is 0.00921. The summed E-state index contributed by atoms with van der Waals surface area (Å²) in [6.45, 7) is 34.4. The highest BCUT2D eigenvalue weighted by Gasteiger charge is 2.45. The van der Waals surface area contributed by atoms with Crippen LogP contribution in [0, 0.1) is 53.3 Å². The fourth-order valence-electron chi connectivity index (χ4n) is 18.8. The predicted molar refractivity (Wildman–Crippen MR) is 555 cm³/mol. The van der Waals surface area contributed by atoms with Crippen LogP contribution >= 0.6 is 7.82 Å². The van der Waals surface area contributed by atoms with Crippen molar-refractivity contribution < 1.29 is 119 Å². The standard InChI is InChI=1S/C97H174N6O21.C7H18NO4P.2C2H6/c1-71-74(4)94(100-77(7)104)88(61-83(71)64-122-80(10)107)119-55-43-37-31-25-19-14-16-22-28-34-40-47-86(110)51-58-116-67-97(103-93(114)50-46-49-91(112)99-70-115-13,68-117-59-52-87(111)48-41-35-29-23-17-15-20-26-32-38-44-56-120-89-62-84(65-123-81(11)108)72(2)75(5)95(89)101-78(8)105)69-118-60-53-92(113)98-54-42-36-30-24-18-21-27-33-39-45-57-121-90-63-85(66-124-82(12)109)73(3)76(6)96(90)102-79(9)106;1-11-13(9,10)12-7-5-3-2-4-6-8;2*1-2/h71-76,83-85,88-90,94-96H,14-70H2,1-13H3,(H,98,113)(H,99,112)(H,100,104)(H,101,105)(H,102,106)(H,103,114);2-8H2,1H3,(H,9,10);2*1-2H3. The minimum Gasteiger partial charge on any atom is -0.466 e. The number of rotatable bonds is 83. The Morgan fingerprint density at radius 3 is 0.943 bits per heavy atom. The summed E-state index contributed by atoms with van der Waals surface area (Å²) in [5.41, 5.74) is 4.04. The molecule has 3 saturated carbocycles. The highest BCUT2D eigenvalue weighted by Crippen LogP contribution is 2.43. The number of nitrogens with two attached hydrogens (primary N) is 1. The number of unbranched alkanes of at least 4 members (excludes halogenated alkanes) is 32. The summed E-state index contributed by atoms with van der Waals surface area (Å²) in [5, 5.41) is 18.2. The van der Waals surface area contributed by atoms with Crippen molar-refractivity contribution in [1.29, 1.82) is 0 Å². The van der Waals surface area contributed by atoms with Crippen molar-refractivity contribution in [2.45, 2.75) is 455 Å². The SMILES string of the molecule is CC.CC.COCNC(=O)CCCC(=O)NC(COCCC(=O)CCCCCCCCCCCCCOC1CC(COC(C)=O)C(C)C(C)C1NC(C)=O)(COCCC(=O)CCCCCCCCCCCCCOC1CC(COC(C)=O)C(C)C(C)C1NC(C)=O)COCCC(=O)NCCCCCCCCCCCCOC1CC(COC(C)=O)C(C)C(C)C1NC(C)=O.COP(=O)(O)OCCCCCCN. The van der Waals surface area contributed by atoms with Gasteiger partial charge in [-0.15, -0.1) is 0 Å². The van der Waals surface area contributed by atoms with E-state index in [0.717, 1.165) is 219 Å². The number of carbonyl (C=O) groups is 11. The first-order valence-corrected chi connectivity index (χ1v) is 56.6. The number of phosphoric ester groups is 1. The molecule has 6 amide bonds. The Hall–Kier alpha value is -5.64. The van der Waals surface area contributed by atoms with Gasteiger partial charge in [0.15, 0.2) is 0 Å². The Labute approximate surface area is 852 Å². The second-order valence-corrected chi connectivity index (χ2v) is 41.1. The Balaban J connectivity index is 0.0000105. The molecule has 3 aliphatic rings. The van der Waals surface area contributed by atoms with Gasteiger partial charge in [0.05, 0.1) is 103 Å². The molecule has 3 aliphatic carbocycles. The Morgan fingerprint density at radius 1 is 0.340 bits per heavy atom. The number of hydrogen-bond donors (Lipinski definition) is 8. The number of carbonyl (C=O) groups excluding carboxylic acids is 11. The minimum absolute atomic E-state index is 0.0170. The molecule has 0 aromatic heterocycles. The summed E-state index contributed by atoms with van der Waals surface area (Å²) in [5.74, 6) is 0.306. The number of amides is 6. The first kappa shape index (κ1) is 135. The van der Waals surface area contributed by atoms with E-state index in [9.17, 15) is 57.3 Å². The van der Waals surface area contributed by atoms with Gasteiger partial charge in [-0.3, -0.25) is 61.8 Å². The predicted octanol–water partition coefficient (Wildman–Crippen LogP) is 19.0. The van der Waals surface area contributed by atoms with Crippen molar-refractivity contribution in [1.82, 2.24) is 31.9 Å². The molecule has 9 N–H and O–H groups in total. The molecule has 826 valence electrons. The van der Waals surface area contributed by atoms with Crippen LogP contribution in [0.4, 0.5) is 0 Å². The van der Waals surface area contributed by atoms with E-state index in [0.29, 0.717) is 65.6 Å². The van der Waals surface area contributed by atoms with E-state index in [1.807, 2.05) is 27.7 Å². The Bertz CT molecular complexity index is 3020. The van der Waals surface area contributed by atoms with E-state index in [-0.39, 0.29) is 246 Å². The smallest absolute Gasteiger partial charge is 0.466 e. The Kier molecular flexibility index (Phi) is 83.9. The number of esters is 3. The normalized spacial score (nSPS) is 21.7. The van der Waals surface area contributed by atoms with E-state index in [4.69, 9.17) is 58.0 Å². The number of methoxy groups -OCH3 is 1. The highest BCUT2D eigenvalue weighted by molar-refractivity contribution is 7.47. The summed E-state index contributed by atoms with van der Waals surface area (Å²) < 4.78 is 78.7. The van der Waals surface area contributed by atoms with Gasteiger partial charge in [0.25, 0.3) is 0 Å². The molecule has 16 atom stereocenters. The summed E-state index contributed by atoms with van der Waals surface area (Å²) >= 11 is 0. The van der Waals surface area contributed by atoms with Crippen molar-refractivity contribution >= 4 is 72.7 Å². The monoisotopic (exact) mass is 2030 g/mol. The molecule has 0 bridgehead atoms. The highest BCUT2D eigenvalue weighted by atomic mass is 31.2. The molecule has 33 heteroatoms. The molecule has 0 aromatic rings. The van der Waals surface area contributed by atoms with Gasteiger partial charge in [-0.25, -0.2) is 4.57 Å². The maximum absolute atomic E-state index is 13.9. The molecule has 0 aromatic carbocycles. The van der Waals surface area contributed by atoms with Crippen LogP contribution < -0.4 is 37.6 Å². The van der Waals surface area contributed by atoms with Gasteiger partial charge in [0.1, 0.15) is 23.8 Å². The average molecular weight is 2030 g/mol. The zero-order chi connectivity index (χ0) is 105. The van der Waals surface area contributed by atoms with Crippen LogP contribution in [0.3, 0.4) is 0 Å². The van der Waals surface area contributed by atoms with Crippen molar-refractivity contribution in [2.75, 3.05) is 120 Å². The maximum Gasteiger partial charge on any atom is 0.471 e. The second-order valence-electron chi connectivity index (χ2n) is 39.5. The van der Waals surface area contributed by atoms with E-state index >= 15 is 0 Å². The number of Topliss-reactive ketones (excluding diaryl/α,β-unsaturated/α-hetero) is 2. The third-order valence-corrected chi connectivity index (χ3v) is 28.8.